The molecule has 2 atom stereocenters. The standard InChI is InChI=1S/C15H21FN2O2/c1-2-13(19)17-6-3-15(4-7-17)5-8-18(10-15)14(20)11-9-12(11)16/h2,11-12H,1,3-10H2/t11-,12+/m1/s1. The highest BCUT2D eigenvalue weighted by Crippen LogP contribution is 2.43. The maximum Gasteiger partial charge on any atom is 0.245 e. The molecule has 0 aromatic carbocycles. The number of rotatable bonds is 2. The molecule has 3 aliphatic rings. The molecule has 4 nitrogen and oxygen atoms in total. The molecule has 0 radical (unpaired) electrons. The highest BCUT2D eigenvalue weighted by atomic mass is 19.1. The molecular formula is C15H21FN2O2. The molecule has 110 valence electrons. The Morgan fingerprint density at radius 3 is 2.20 bits per heavy atom. The Kier molecular flexibility index (Phi) is 3.30. The molecule has 3 rings (SSSR count). The Morgan fingerprint density at radius 2 is 1.70 bits per heavy atom. The highest BCUT2D eigenvalue weighted by molar-refractivity contribution is 5.87. The van der Waals surface area contributed by atoms with E-state index in [0.717, 1.165) is 45.4 Å². The quantitative estimate of drug-likeness (QED) is 0.717. The lowest BCUT2D eigenvalue weighted by atomic mass is 9.78. The molecule has 2 saturated heterocycles. The zero-order valence-electron chi connectivity index (χ0n) is 11.7. The fraction of sp³-hybridized carbons (Fsp3) is 0.733. The Hall–Kier alpha value is -1.39. The zero-order valence-corrected chi connectivity index (χ0v) is 11.7. The van der Waals surface area contributed by atoms with E-state index in [1.54, 1.807) is 0 Å². The zero-order chi connectivity index (χ0) is 14.3. The number of hydrogen-bond acceptors (Lipinski definition) is 2. The number of carbonyl (C=O) groups excluding carboxylic acids is 2. The van der Waals surface area contributed by atoms with Crippen molar-refractivity contribution in [1.82, 2.24) is 9.80 Å². The summed E-state index contributed by atoms with van der Waals surface area (Å²) in [5, 5.41) is 0. The van der Waals surface area contributed by atoms with Gasteiger partial charge in [-0.3, -0.25) is 9.59 Å². The molecule has 1 saturated carbocycles. The minimum atomic E-state index is -0.911. The van der Waals surface area contributed by atoms with Gasteiger partial charge in [-0.05, 0) is 37.2 Å². The van der Waals surface area contributed by atoms with E-state index >= 15 is 0 Å². The third-order valence-corrected chi connectivity index (χ3v) is 5.09. The third kappa shape index (κ3) is 2.34. The second-order valence-electron chi connectivity index (χ2n) is 6.40. The molecule has 0 bridgehead atoms. The first kappa shape index (κ1) is 13.6. The van der Waals surface area contributed by atoms with Gasteiger partial charge in [0.25, 0.3) is 0 Å². The van der Waals surface area contributed by atoms with Crippen molar-refractivity contribution < 1.29 is 14.0 Å². The molecule has 1 spiro atoms. The van der Waals surface area contributed by atoms with Gasteiger partial charge in [0.15, 0.2) is 0 Å². The molecule has 5 heteroatoms. The number of carbonyl (C=O) groups is 2. The minimum absolute atomic E-state index is 0.000951. The number of alkyl halides is 1. The fourth-order valence-electron chi connectivity index (χ4n) is 3.52. The van der Waals surface area contributed by atoms with Crippen LogP contribution in [0.2, 0.25) is 0 Å². The first-order valence-corrected chi connectivity index (χ1v) is 7.39. The lowest BCUT2D eigenvalue weighted by molar-refractivity contribution is -0.133. The molecule has 0 aromatic heterocycles. The van der Waals surface area contributed by atoms with E-state index in [1.807, 2.05) is 9.80 Å². The van der Waals surface area contributed by atoms with Crippen LogP contribution < -0.4 is 0 Å². The monoisotopic (exact) mass is 280 g/mol. The lowest BCUT2D eigenvalue weighted by Gasteiger charge is -2.38. The van der Waals surface area contributed by atoms with Crippen molar-refractivity contribution in [2.75, 3.05) is 26.2 Å². The van der Waals surface area contributed by atoms with Gasteiger partial charge in [0.2, 0.25) is 11.8 Å². The van der Waals surface area contributed by atoms with Gasteiger partial charge in [-0.15, -0.1) is 0 Å². The predicted octanol–water partition coefficient (Wildman–Crippen LogP) is 1.37. The van der Waals surface area contributed by atoms with Gasteiger partial charge < -0.3 is 9.80 Å². The van der Waals surface area contributed by atoms with Crippen LogP contribution in [0.4, 0.5) is 4.39 Å². The SMILES string of the molecule is C=CC(=O)N1CCC2(CC1)CCN(C(=O)[C@@H]1C[C@@H]1F)C2. The van der Waals surface area contributed by atoms with E-state index in [4.69, 9.17) is 0 Å². The van der Waals surface area contributed by atoms with Crippen LogP contribution in [0.1, 0.15) is 25.7 Å². The molecule has 0 aromatic rings. The van der Waals surface area contributed by atoms with Crippen LogP contribution in [-0.2, 0) is 9.59 Å². The van der Waals surface area contributed by atoms with Crippen molar-refractivity contribution in [3.63, 3.8) is 0 Å². The van der Waals surface area contributed by atoms with Crippen LogP contribution in [-0.4, -0.2) is 54.0 Å². The van der Waals surface area contributed by atoms with Gasteiger partial charge in [-0.2, -0.15) is 0 Å². The maximum atomic E-state index is 13.0. The largest absolute Gasteiger partial charge is 0.342 e. The molecule has 2 aliphatic heterocycles. The van der Waals surface area contributed by atoms with Crippen molar-refractivity contribution in [2.45, 2.75) is 31.9 Å². The maximum absolute atomic E-state index is 13.0. The summed E-state index contributed by atoms with van der Waals surface area (Å²) in [5.41, 5.74) is 0.147. The second kappa shape index (κ2) is 4.86. The normalized spacial score (nSPS) is 31.4. The van der Waals surface area contributed by atoms with Crippen LogP contribution in [0.15, 0.2) is 12.7 Å². The smallest absolute Gasteiger partial charge is 0.245 e. The molecular weight excluding hydrogens is 259 g/mol. The number of hydrogen-bond donors (Lipinski definition) is 0. The Morgan fingerprint density at radius 1 is 1.15 bits per heavy atom. The highest BCUT2D eigenvalue weighted by Gasteiger charge is 2.49. The third-order valence-electron chi connectivity index (χ3n) is 5.09. The Balaban J connectivity index is 1.56. The molecule has 0 N–H and O–H groups in total. The van der Waals surface area contributed by atoms with Crippen LogP contribution >= 0.6 is 0 Å². The van der Waals surface area contributed by atoms with Crippen LogP contribution in [0.25, 0.3) is 0 Å². The molecule has 1 aliphatic carbocycles. The number of nitrogens with zero attached hydrogens (tertiary/aromatic N) is 2. The summed E-state index contributed by atoms with van der Waals surface area (Å²) in [5.74, 6) is -0.379. The predicted molar refractivity (Wildman–Crippen MR) is 72.6 cm³/mol. The summed E-state index contributed by atoms with van der Waals surface area (Å²) in [4.78, 5) is 27.3. The van der Waals surface area contributed by atoms with Crippen molar-refractivity contribution >= 4 is 11.8 Å². The van der Waals surface area contributed by atoms with Gasteiger partial charge in [-0.1, -0.05) is 6.58 Å². The summed E-state index contributed by atoms with van der Waals surface area (Å²) in [6, 6.07) is 0. The van der Waals surface area contributed by atoms with Gasteiger partial charge in [-0.25, -0.2) is 4.39 Å². The lowest BCUT2D eigenvalue weighted by Crippen LogP contribution is -2.44. The number of halogens is 1. The molecule has 2 amide bonds. The van der Waals surface area contributed by atoms with Gasteiger partial charge in [0.1, 0.15) is 6.17 Å². The van der Waals surface area contributed by atoms with Crippen molar-refractivity contribution in [1.29, 1.82) is 0 Å². The molecule has 20 heavy (non-hydrogen) atoms. The topological polar surface area (TPSA) is 40.6 Å². The van der Waals surface area contributed by atoms with E-state index in [-0.39, 0.29) is 23.1 Å². The van der Waals surface area contributed by atoms with Crippen molar-refractivity contribution in [3.05, 3.63) is 12.7 Å². The average molecular weight is 280 g/mol. The molecule has 3 fully saturated rings. The minimum Gasteiger partial charge on any atom is -0.342 e. The van der Waals surface area contributed by atoms with E-state index < -0.39 is 6.17 Å². The number of amides is 2. The van der Waals surface area contributed by atoms with Crippen LogP contribution in [0.3, 0.4) is 0 Å². The van der Waals surface area contributed by atoms with Gasteiger partial charge >= 0.3 is 0 Å². The van der Waals surface area contributed by atoms with Gasteiger partial charge in [0, 0.05) is 26.2 Å². The van der Waals surface area contributed by atoms with Gasteiger partial charge in [0.05, 0.1) is 5.92 Å². The van der Waals surface area contributed by atoms with Crippen molar-refractivity contribution in [3.8, 4) is 0 Å². The van der Waals surface area contributed by atoms with E-state index in [1.165, 1.54) is 6.08 Å². The average Bonchev–Trinajstić information content (AvgIpc) is 3.05. The first-order chi connectivity index (χ1) is 9.54. The summed E-state index contributed by atoms with van der Waals surface area (Å²) in [6.45, 7) is 6.48. The Labute approximate surface area is 118 Å². The summed E-state index contributed by atoms with van der Waals surface area (Å²) < 4.78 is 13.0. The van der Waals surface area contributed by atoms with E-state index in [9.17, 15) is 14.0 Å². The fourth-order valence-corrected chi connectivity index (χ4v) is 3.52. The number of piperidine rings is 1. The summed E-state index contributed by atoms with van der Waals surface area (Å²) in [6.07, 6.45) is 3.70. The van der Waals surface area contributed by atoms with Crippen LogP contribution in [0, 0.1) is 11.3 Å². The van der Waals surface area contributed by atoms with Crippen LogP contribution in [0.5, 0.6) is 0 Å². The van der Waals surface area contributed by atoms with Crippen molar-refractivity contribution in [2.24, 2.45) is 11.3 Å². The Bertz CT molecular complexity index is 443. The summed E-state index contributed by atoms with van der Waals surface area (Å²) in [7, 11) is 0. The molecule has 2 heterocycles. The number of likely N-dealkylation sites (tertiary alicyclic amines) is 2. The van der Waals surface area contributed by atoms with E-state index in [2.05, 4.69) is 6.58 Å². The summed E-state index contributed by atoms with van der Waals surface area (Å²) >= 11 is 0. The van der Waals surface area contributed by atoms with E-state index in [0.29, 0.717) is 6.42 Å². The second-order valence-corrected chi connectivity index (χ2v) is 6.40. The molecule has 0 unspecified atom stereocenters. The first-order valence-electron chi connectivity index (χ1n) is 7.39.